The summed E-state index contributed by atoms with van der Waals surface area (Å²) < 4.78 is 7.76. The highest BCUT2D eigenvalue weighted by Crippen LogP contribution is 2.46. The van der Waals surface area contributed by atoms with Crippen LogP contribution in [0.2, 0.25) is 0 Å². The molecule has 0 bridgehead atoms. The molecule has 6 nitrogen and oxygen atoms in total. The zero-order valence-corrected chi connectivity index (χ0v) is 14.9. The van der Waals surface area contributed by atoms with Crippen molar-refractivity contribution < 1.29 is 4.52 Å². The van der Waals surface area contributed by atoms with E-state index in [9.17, 15) is 0 Å². The number of rotatable bonds is 6. The fourth-order valence-electron chi connectivity index (χ4n) is 2.94. The molecule has 2 aliphatic rings. The van der Waals surface area contributed by atoms with Crippen LogP contribution in [0, 0.1) is 6.92 Å². The van der Waals surface area contributed by atoms with E-state index in [-0.39, 0.29) is 0 Å². The van der Waals surface area contributed by atoms with Gasteiger partial charge in [0.15, 0.2) is 5.16 Å². The van der Waals surface area contributed by atoms with Gasteiger partial charge in [-0.15, -0.1) is 10.2 Å². The average Bonchev–Trinajstić information content (AvgIpc) is 3.55. The summed E-state index contributed by atoms with van der Waals surface area (Å²) in [5, 5.41) is 13.9. The zero-order chi connectivity index (χ0) is 16.8. The van der Waals surface area contributed by atoms with Crippen molar-refractivity contribution in [2.24, 2.45) is 0 Å². The molecule has 7 heteroatoms. The van der Waals surface area contributed by atoms with E-state index >= 15 is 0 Å². The highest BCUT2D eigenvalue weighted by atomic mass is 32.2. The number of benzene rings is 1. The molecule has 0 spiro atoms. The fraction of sp³-hybridized carbons (Fsp3) is 0.444. The van der Waals surface area contributed by atoms with Crippen LogP contribution < -0.4 is 0 Å². The number of hydrogen-bond acceptors (Lipinski definition) is 6. The van der Waals surface area contributed by atoms with Crippen molar-refractivity contribution in [1.82, 2.24) is 24.9 Å². The molecule has 0 unspecified atom stereocenters. The minimum atomic E-state index is 0.596. The molecule has 2 aliphatic carbocycles. The molecular formula is C18H19N5OS. The van der Waals surface area contributed by atoms with E-state index in [0.29, 0.717) is 29.4 Å². The van der Waals surface area contributed by atoms with Crippen molar-refractivity contribution in [2.45, 2.75) is 55.5 Å². The summed E-state index contributed by atoms with van der Waals surface area (Å²) >= 11 is 1.64. The lowest BCUT2D eigenvalue weighted by Crippen LogP contribution is -2.01. The van der Waals surface area contributed by atoms with Gasteiger partial charge in [-0.25, -0.2) is 0 Å². The van der Waals surface area contributed by atoms with Gasteiger partial charge >= 0.3 is 0 Å². The van der Waals surface area contributed by atoms with E-state index in [1.165, 1.54) is 37.1 Å². The van der Waals surface area contributed by atoms with Crippen LogP contribution >= 0.6 is 11.8 Å². The van der Waals surface area contributed by atoms with E-state index in [0.717, 1.165) is 10.7 Å². The highest BCUT2D eigenvalue weighted by molar-refractivity contribution is 7.98. The van der Waals surface area contributed by atoms with Crippen LogP contribution in [0.5, 0.6) is 0 Å². The molecule has 0 aliphatic heterocycles. The van der Waals surface area contributed by atoms with Gasteiger partial charge in [-0.2, -0.15) is 4.98 Å². The Balaban J connectivity index is 1.31. The van der Waals surface area contributed by atoms with Crippen molar-refractivity contribution >= 4 is 11.8 Å². The number of hydrogen-bond donors (Lipinski definition) is 0. The second-order valence-electron chi connectivity index (χ2n) is 6.88. The monoisotopic (exact) mass is 353 g/mol. The van der Waals surface area contributed by atoms with Crippen LogP contribution in [0.1, 0.15) is 54.9 Å². The van der Waals surface area contributed by atoms with Gasteiger partial charge in [0.2, 0.25) is 11.7 Å². The quantitative estimate of drug-likeness (QED) is 0.620. The predicted octanol–water partition coefficient (Wildman–Crippen LogP) is 4.14. The molecule has 0 radical (unpaired) electrons. The van der Waals surface area contributed by atoms with Gasteiger partial charge in [0, 0.05) is 17.5 Å². The largest absolute Gasteiger partial charge is 0.338 e. The normalized spacial score (nSPS) is 17.2. The Morgan fingerprint density at radius 1 is 1.12 bits per heavy atom. The minimum absolute atomic E-state index is 0.596. The molecule has 0 N–H and O–H groups in total. The van der Waals surface area contributed by atoms with Crippen LogP contribution in [0.15, 0.2) is 33.9 Å². The maximum atomic E-state index is 5.41. The first-order valence-corrected chi connectivity index (χ1v) is 9.74. The van der Waals surface area contributed by atoms with Crippen LogP contribution in [0.4, 0.5) is 0 Å². The summed E-state index contributed by atoms with van der Waals surface area (Å²) in [5.41, 5.74) is 2.19. The predicted molar refractivity (Wildman–Crippen MR) is 94.3 cm³/mol. The lowest BCUT2D eigenvalue weighted by molar-refractivity contribution is 0.391. The standard InChI is InChI=1S/C18H19N5OS/c1-11-2-4-12(5-3-11)16-19-15(24-22-16)10-25-18-21-20-17(13-6-7-13)23(18)14-8-9-14/h2-5,13-14H,6-10H2,1H3. The summed E-state index contributed by atoms with van der Waals surface area (Å²) in [7, 11) is 0. The molecule has 2 aromatic heterocycles. The minimum Gasteiger partial charge on any atom is -0.338 e. The lowest BCUT2D eigenvalue weighted by Gasteiger charge is -2.06. The molecule has 128 valence electrons. The van der Waals surface area contributed by atoms with Gasteiger partial charge in [-0.1, -0.05) is 46.7 Å². The fourth-order valence-corrected chi connectivity index (χ4v) is 3.79. The number of aromatic nitrogens is 5. The molecule has 2 saturated carbocycles. The third-order valence-corrected chi connectivity index (χ3v) is 5.58. The molecule has 2 heterocycles. The molecule has 0 saturated heterocycles. The van der Waals surface area contributed by atoms with Gasteiger partial charge < -0.3 is 9.09 Å². The van der Waals surface area contributed by atoms with Crippen LogP contribution in [0.3, 0.4) is 0 Å². The first-order chi connectivity index (χ1) is 12.3. The van der Waals surface area contributed by atoms with Crippen molar-refractivity contribution in [3.8, 4) is 11.4 Å². The first kappa shape index (κ1) is 15.1. The summed E-state index contributed by atoms with van der Waals surface area (Å²) in [6.07, 6.45) is 4.98. The van der Waals surface area contributed by atoms with E-state index in [2.05, 4.69) is 44.0 Å². The third kappa shape index (κ3) is 3.08. The Morgan fingerprint density at radius 2 is 1.92 bits per heavy atom. The Morgan fingerprint density at radius 3 is 2.64 bits per heavy atom. The molecule has 0 atom stereocenters. The van der Waals surface area contributed by atoms with Crippen molar-refractivity contribution in [2.75, 3.05) is 0 Å². The van der Waals surface area contributed by atoms with Gasteiger partial charge in [0.05, 0.1) is 5.75 Å². The zero-order valence-electron chi connectivity index (χ0n) is 14.1. The molecule has 1 aromatic carbocycles. The second-order valence-corrected chi connectivity index (χ2v) is 7.83. The van der Waals surface area contributed by atoms with Crippen molar-refractivity contribution in [3.63, 3.8) is 0 Å². The maximum absolute atomic E-state index is 5.41. The SMILES string of the molecule is Cc1ccc(-c2noc(CSc3nnc(C4CC4)n3C3CC3)n2)cc1. The summed E-state index contributed by atoms with van der Waals surface area (Å²) in [4.78, 5) is 4.51. The number of thioether (sulfide) groups is 1. The van der Waals surface area contributed by atoms with Crippen LogP contribution in [-0.2, 0) is 5.75 Å². The van der Waals surface area contributed by atoms with Gasteiger partial charge in [0.1, 0.15) is 5.82 Å². The average molecular weight is 353 g/mol. The first-order valence-electron chi connectivity index (χ1n) is 8.75. The van der Waals surface area contributed by atoms with E-state index in [1.54, 1.807) is 11.8 Å². The van der Waals surface area contributed by atoms with Crippen LogP contribution in [-0.4, -0.2) is 24.9 Å². The highest BCUT2D eigenvalue weighted by Gasteiger charge is 2.36. The Labute approximate surface area is 150 Å². The van der Waals surface area contributed by atoms with E-state index in [4.69, 9.17) is 4.52 Å². The van der Waals surface area contributed by atoms with Crippen molar-refractivity contribution in [1.29, 1.82) is 0 Å². The van der Waals surface area contributed by atoms with E-state index < -0.39 is 0 Å². The summed E-state index contributed by atoms with van der Waals surface area (Å²) in [6, 6.07) is 8.74. The summed E-state index contributed by atoms with van der Waals surface area (Å²) in [6.45, 7) is 2.06. The molecule has 5 rings (SSSR count). The number of aryl methyl sites for hydroxylation is 1. The Kier molecular flexibility index (Phi) is 3.62. The van der Waals surface area contributed by atoms with Gasteiger partial charge in [-0.05, 0) is 32.6 Å². The lowest BCUT2D eigenvalue weighted by atomic mass is 10.1. The molecule has 0 amide bonds. The summed E-state index contributed by atoms with van der Waals surface area (Å²) in [5.74, 6) is 3.68. The maximum Gasteiger partial charge on any atom is 0.237 e. The van der Waals surface area contributed by atoms with E-state index in [1.807, 2.05) is 12.1 Å². The molecule has 2 fully saturated rings. The van der Waals surface area contributed by atoms with Crippen LogP contribution in [0.25, 0.3) is 11.4 Å². The van der Waals surface area contributed by atoms with Gasteiger partial charge in [0.25, 0.3) is 0 Å². The topological polar surface area (TPSA) is 69.6 Å². The van der Waals surface area contributed by atoms with Crippen molar-refractivity contribution in [3.05, 3.63) is 41.5 Å². The third-order valence-electron chi connectivity index (χ3n) is 4.65. The van der Waals surface area contributed by atoms with Gasteiger partial charge in [-0.3, -0.25) is 0 Å². The molecular weight excluding hydrogens is 334 g/mol. The molecule has 25 heavy (non-hydrogen) atoms. The smallest absolute Gasteiger partial charge is 0.237 e. The molecule has 3 aromatic rings. The second kappa shape index (κ2) is 5.98. The Bertz CT molecular complexity index is 893. The Hall–Kier alpha value is -2.15. The number of nitrogens with zero attached hydrogens (tertiary/aromatic N) is 5.